The molecule has 0 bridgehead atoms. The van der Waals surface area contributed by atoms with Crippen molar-refractivity contribution in [3.63, 3.8) is 0 Å². The predicted octanol–water partition coefficient (Wildman–Crippen LogP) is 3.33. The van der Waals surface area contributed by atoms with Gasteiger partial charge in [0.2, 0.25) is 0 Å². The number of methoxy groups -OCH3 is 1. The number of nitrogens with zero attached hydrogens (tertiary/aromatic N) is 2. The molecule has 0 aliphatic carbocycles. The number of hydrogen-bond donors (Lipinski definition) is 0. The molecular formula is C18H12N2O3. The van der Waals surface area contributed by atoms with E-state index in [0.29, 0.717) is 16.8 Å². The van der Waals surface area contributed by atoms with Gasteiger partial charge in [-0.2, -0.15) is 5.26 Å². The topological polar surface area (TPSA) is 72.2 Å². The third-order valence-corrected chi connectivity index (χ3v) is 3.30. The lowest BCUT2D eigenvalue weighted by Gasteiger charge is -2.06. The first-order valence-electron chi connectivity index (χ1n) is 6.87. The van der Waals surface area contributed by atoms with Gasteiger partial charge in [-0.05, 0) is 48.5 Å². The van der Waals surface area contributed by atoms with Gasteiger partial charge in [-0.1, -0.05) is 6.07 Å². The first kappa shape index (κ1) is 14.5. The van der Waals surface area contributed by atoms with E-state index in [1.54, 1.807) is 55.6 Å². The minimum atomic E-state index is -0.549. The van der Waals surface area contributed by atoms with E-state index in [4.69, 9.17) is 14.7 Å². The van der Waals surface area contributed by atoms with Crippen molar-refractivity contribution >= 4 is 16.9 Å². The molecule has 0 fully saturated rings. The van der Waals surface area contributed by atoms with Gasteiger partial charge in [0, 0.05) is 5.39 Å². The smallest absolute Gasteiger partial charge is 0.362 e. The van der Waals surface area contributed by atoms with Gasteiger partial charge in [0.25, 0.3) is 0 Å². The molecule has 2 aromatic carbocycles. The van der Waals surface area contributed by atoms with E-state index < -0.39 is 5.97 Å². The van der Waals surface area contributed by atoms with Gasteiger partial charge >= 0.3 is 5.97 Å². The van der Waals surface area contributed by atoms with Gasteiger partial charge in [-0.3, -0.25) is 0 Å². The van der Waals surface area contributed by atoms with Gasteiger partial charge in [0.05, 0.1) is 24.3 Å². The fourth-order valence-corrected chi connectivity index (χ4v) is 2.10. The molecule has 0 N–H and O–H groups in total. The molecule has 0 spiro atoms. The maximum atomic E-state index is 12.2. The molecule has 0 radical (unpaired) electrons. The molecule has 0 saturated carbocycles. The second kappa shape index (κ2) is 6.16. The van der Waals surface area contributed by atoms with Crippen LogP contribution < -0.4 is 9.47 Å². The third kappa shape index (κ3) is 3.11. The van der Waals surface area contributed by atoms with Crippen LogP contribution in [0.3, 0.4) is 0 Å². The van der Waals surface area contributed by atoms with E-state index in [9.17, 15) is 4.79 Å². The molecule has 3 aromatic rings. The Labute approximate surface area is 132 Å². The van der Waals surface area contributed by atoms with E-state index >= 15 is 0 Å². The Morgan fingerprint density at radius 3 is 2.48 bits per heavy atom. The van der Waals surface area contributed by atoms with Crippen molar-refractivity contribution in [2.75, 3.05) is 7.11 Å². The SMILES string of the molecule is COc1ccc2nc(C(=O)Oc3ccc(C#N)cc3)ccc2c1. The van der Waals surface area contributed by atoms with E-state index in [1.807, 2.05) is 12.1 Å². The number of hydrogen-bond acceptors (Lipinski definition) is 5. The van der Waals surface area contributed by atoms with E-state index in [0.717, 1.165) is 11.1 Å². The summed E-state index contributed by atoms with van der Waals surface area (Å²) >= 11 is 0. The Kier molecular flexibility index (Phi) is 3.89. The summed E-state index contributed by atoms with van der Waals surface area (Å²) in [4.78, 5) is 16.5. The molecule has 112 valence electrons. The lowest BCUT2D eigenvalue weighted by Crippen LogP contribution is -2.10. The molecule has 5 heteroatoms. The maximum absolute atomic E-state index is 12.2. The number of nitriles is 1. The van der Waals surface area contributed by atoms with Gasteiger partial charge < -0.3 is 9.47 Å². The monoisotopic (exact) mass is 304 g/mol. The molecule has 3 rings (SSSR count). The zero-order valence-corrected chi connectivity index (χ0v) is 12.3. The molecule has 23 heavy (non-hydrogen) atoms. The highest BCUT2D eigenvalue weighted by molar-refractivity contribution is 5.92. The standard InChI is InChI=1S/C18H12N2O3/c1-22-15-7-9-16-13(10-15)4-8-17(20-16)18(21)23-14-5-2-12(11-19)3-6-14/h2-10H,1H3. The highest BCUT2D eigenvalue weighted by Crippen LogP contribution is 2.20. The second-order valence-corrected chi connectivity index (χ2v) is 4.78. The van der Waals surface area contributed by atoms with Crippen LogP contribution in [0.2, 0.25) is 0 Å². The van der Waals surface area contributed by atoms with Crippen molar-refractivity contribution < 1.29 is 14.3 Å². The maximum Gasteiger partial charge on any atom is 0.362 e. The van der Waals surface area contributed by atoms with Crippen LogP contribution in [0.25, 0.3) is 10.9 Å². The first-order valence-corrected chi connectivity index (χ1v) is 6.87. The van der Waals surface area contributed by atoms with Crippen LogP contribution >= 0.6 is 0 Å². The Hall–Kier alpha value is -3.39. The number of fused-ring (bicyclic) bond motifs is 1. The number of pyridine rings is 1. The summed E-state index contributed by atoms with van der Waals surface area (Å²) in [5, 5.41) is 9.62. The second-order valence-electron chi connectivity index (χ2n) is 4.78. The molecule has 1 aromatic heterocycles. The Bertz CT molecular complexity index is 912. The highest BCUT2D eigenvalue weighted by Gasteiger charge is 2.11. The number of aromatic nitrogens is 1. The van der Waals surface area contributed by atoms with Crippen molar-refractivity contribution in [3.05, 3.63) is 65.9 Å². The van der Waals surface area contributed by atoms with Crippen LogP contribution in [0.15, 0.2) is 54.6 Å². The molecule has 1 heterocycles. The van der Waals surface area contributed by atoms with Crippen LogP contribution in [0.4, 0.5) is 0 Å². The summed E-state index contributed by atoms with van der Waals surface area (Å²) in [6, 6.07) is 17.1. The zero-order valence-electron chi connectivity index (χ0n) is 12.3. The molecule has 0 unspecified atom stereocenters. The summed E-state index contributed by atoms with van der Waals surface area (Å²) in [5.41, 5.74) is 1.40. The molecule has 0 amide bonds. The minimum Gasteiger partial charge on any atom is -0.497 e. The average Bonchev–Trinajstić information content (AvgIpc) is 2.61. The molecular weight excluding hydrogens is 292 g/mol. The molecule has 0 aliphatic heterocycles. The Balaban J connectivity index is 1.84. The van der Waals surface area contributed by atoms with Gasteiger partial charge in [0.15, 0.2) is 0 Å². The van der Waals surface area contributed by atoms with Crippen LogP contribution in [-0.2, 0) is 0 Å². The minimum absolute atomic E-state index is 0.215. The quantitative estimate of drug-likeness (QED) is 0.548. The fourth-order valence-electron chi connectivity index (χ4n) is 2.10. The number of carbonyl (C=O) groups is 1. The number of carbonyl (C=O) groups excluding carboxylic acids is 1. The summed E-state index contributed by atoms with van der Waals surface area (Å²) in [7, 11) is 1.60. The van der Waals surface area contributed by atoms with Crippen LogP contribution in [0.1, 0.15) is 16.1 Å². The zero-order chi connectivity index (χ0) is 16.2. The average molecular weight is 304 g/mol. The lowest BCUT2D eigenvalue weighted by molar-refractivity contribution is 0.0729. The Morgan fingerprint density at radius 2 is 1.78 bits per heavy atom. The number of esters is 1. The highest BCUT2D eigenvalue weighted by atomic mass is 16.5. The van der Waals surface area contributed by atoms with Crippen LogP contribution in [0.5, 0.6) is 11.5 Å². The fraction of sp³-hybridized carbons (Fsp3) is 0.0556. The van der Waals surface area contributed by atoms with Gasteiger partial charge in [-0.25, -0.2) is 9.78 Å². The Morgan fingerprint density at radius 1 is 1.04 bits per heavy atom. The molecule has 0 aliphatic rings. The van der Waals surface area contributed by atoms with E-state index in [1.165, 1.54) is 0 Å². The summed E-state index contributed by atoms with van der Waals surface area (Å²) in [6.45, 7) is 0. The van der Waals surface area contributed by atoms with Gasteiger partial charge in [0.1, 0.15) is 17.2 Å². The number of ether oxygens (including phenoxy) is 2. The van der Waals surface area contributed by atoms with Crippen molar-refractivity contribution in [2.45, 2.75) is 0 Å². The summed E-state index contributed by atoms with van der Waals surface area (Å²) in [6.07, 6.45) is 0. The molecule has 5 nitrogen and oxygen atoms in total. The van der Waals surface area contributed by atoms with E-state index in [2.05, 4.69) is 4.98 Å². The van der Waals surface area contributed by atoms with Crippen molar-refractivity contribution in [1.82, 2.24) is 4.98 Å². The third-order valence-electron chi connectivity index (χ3n) is 3.30. The van der Waals surface area contributed by atoms with Crippen molar-refractivity contribution in [2.24, 2.45) is 0 Å². The lowest BCUT2D eigenvalue weighted by atomic mass is 10.2. The van der Waals surface area contributed by atoms with Crippen molar-refractivity contribution in [1.29, 1.82) is 5.26 Å². The summed E-state index contributed by atoms with van der Waals surface area (Å²) < 4.78 is 10.4. The largest absolute Gasteiger partial charge is 0.497 e. The van der Waals surface area contributed by atoms with E-state index in [-0.39, 0.29) is 5.69 Å². The van der Waals surface area contributed by atoms with Crippen molar-refractivity contribution in [3.8, 4) is 17.6 Å². The van der Waals surface area contributed by atoms with Crippen LogP contribution in [-0.4, -0.2) is 18.1 Å². The van der Waals surface area contributed by atoms with Gasteiger partial charge in [-0.15, -0.1) is 0 Å². The number of rotatable bonds is 3. The van der Waals surface area contributed by atoms with Crippen LogP contribution in [0, 0.1) is 11.3 Å². The molecule has 0 atom stereocenters. The predicted molar refractivity (Wildman–Crippen MR) is 84.4 cm³/mol. The molecule has 0 saturated heterocycles. The summed E-state index contributed by atoms with van der Waals surface area (Å²) in [5.74, 6) is 0.547. The first-order chi connectivity index (χ1) is 11.2. The normalized spacial score (nSPS) is 10.1. The number of benzene rings is 2.